The molecular formula is C16H23NO4. The van der Waals surface area contributed by atoms with E-state index in [4.69, 9.17) is 13.6 Å². The summed E-state index contributed by atoms with van der Waals surface area (Å²) in [5.41, 5.74) is -0.170. The monoisotopic (exact) mass is 293 g/mol. The minimum absolute atomic E-state index is 0.410. The topological polar surface area (TPSA) is 67.8 Å². The van der Waals surface area contributed by atoms with Gasteiger partial charge >= 0.3 is 0 Å². The van der Waals surface area contributed by atoms with E-state index in [-0.39, 0.29) is 0 Å². The van der Waals surface area contributed by atoms with Gasteiger partial charge in [0.25, 0.3) is 0 Å². The lowest BCUT2D eigenvalue weighted by atomic mass is 9.96. The molecule has 0 spiro atoms. The van der Waals surface area contributed by atoms with Crippen LogP contribution in [0, 0.1) is 13.8 Å². The predicted octanol–water partition coefficient (Wildman–Crippen LogP) is 2.63. The molecule has 2 rings (SSSR count). The maximum absolute atomic E-state index is 10.6. The average Bonchev–Trinajstić information content (AvgIpc) is 2.97. The standard InChI is InChI=1S/C16H23NO4/c1-11-7-15(12(2)20-11)16(3,18)10-17-8-13-5-6-14(21-13)9-19-4/h5-7,17-18H,8-10H2,1-4H3. The van der Waals surface area contributed by atoms with Gasteiger partial charge in [0.15, 0.2) is 0 Å². The summed E-state index contributed by atoms with van der Waals surface area (Å²) in [6.45, 7) is 6.93. The summed E-state index contributed by atoms with van der Waals surface area (Å²) in [5.74, 6) is 3.16. The molecule has 0 fully saturated rings. The Balaban J connectivity index is 1.90. The summed E-state index contributed by atoms with van der Waals surface area (Å²) in [4.78, 5) is 0. The van der Waals surface area contributed by atoms with E-state index in [1.165, 1.54) is 0 Å². The fourth-order valence-electron chi connectivity index (χ4n) is 2.43. The summed E-state index contributed by atoms with van der Waals surface area (Å²) in [7, 11) is 1.63. The van der Waals surface area contributed by atoms with Crippen LogP contribution in [0.2, 0.25) is 0 Å². The van der Waals surface area contributed by atoms with E-state index in [0.717, 1.165) is 28.6 Å². The predicted molar refractivity (Wildman–Crippen MR) is 78.9 cm³/mol. The maximum Gasteiger partial charge on any atom is 0.129 e. The van der Waals surface area contributed by atoms with Crippen LogP contribution in [0.3, 0.4) is 0 Å². The molecule has 2 aromatic heterocycles. The number of hydrogen-bond donors (Lipinski definition) is 2. The number of aryl methyl sites for hydroxylation is 2. The fraction of sp³-hybridized carbons (Fsp3) is 0.500. The van der Waals surface area contributed by atoms with Crippen LogP contribution in [0.5, 0.6) is 0 Å². The fourth-order valence-corrected chi connectivity index (χ4v) is 2.43. The first kappa shape index (κ1) is 15.8. The minimum atomic E-state index is -0.982. The lowest BCUT2D eigenvalue weighted by Gasteiger charge is -2.23. The average molecular weight is 293 g/mol. The Hall–Kier alpha value is -1.56. The number of rotatable bonds is 7. The molecule has 5 nitrogen and oxygen atoms in total. The van der Waals surface area contributed by atoms with Gasteiger partial charge in [0.2, 0.25) is 0 Å². The molecule has 1 unspecified atom stereocenters. The van der Waals surface area contributed by atoms with E-state index in [1.807, 2.05) is 32.0 Å². The number of nitrogens with one attached hydrogen (secondary N) is 1. The Bertz CT molecular complexity index is 583. The highest BCUT2D eigenvalue weighted by Crippen LogP contribution is 2.26. The number of methoxy groups -OCH3 is 1. The van der Waals surface area contributed by atoms with Crippen molar-refractivity contribution in [2.45, 2.75) is 39.5 Å². The van der Waals surface area contributed by atoms with Crippen LogP contribution in [0.25, 0.3) is 0 Å². The highest BCUT2D eigenvalue weighted by atomic mass is 16.5. The molecule has 1 atom stereocenters. The number of aliphatic hydroxyl groups is 1. The van der Waals surface area contributed by atoms with Crippen molar-refractivity contribution in [1.29, 1.82) is 0 Å². The second kappa shape index (κ2) is 6.47. The van der Waals surface area contributed by atoms with E-state index < -0.39 is 5.60 Å². The van der Waals surface area contributed by atoms with Gasteiger partial charge in [0.05, 0.1) is 6.54 Å². The molecule has 0 saturated carbocycles. The maximum atomic E-state index is 10.6. The zero-order valence-corrected chi connectivity index (χ0v) is 13.0. The van der Waals surface area contributed by atoms with Crippen LogP contribution < -0.4 is 5.32 Å². The highest BCUT2D eigenvalue weighted by molar-refractivity contribution is 5.26. The van der Waals surface area contributed by atoms with Crippen LogP contribution in [0.4, 0.5) is 0 Å². The van der Waals surface area contributed by atoms with Crippen molar-refractivity contribution in [3.05, 3.63) is 46.8 Å². The molecule has 0 aliphatic rings. The number of ether oxygens (including phenoxy) is 1. The zero-order chi connectivity index (χ0) is 15.5. The highest BCUT2D eigenvalue weighted by Gasteiger charge is 2.27. The van der Waals surface area contributed by atoms with E-state index in [9.17, 15) is 5.11 Å². The Kier molecular flexibility index (Phi) is 4.88. The van der Waals surface area contributed by atoms with Gasteiger partial charge in [0, 0.05) is 19.2 Å². The summed E-state index contributed by atoms with van der Waals surface area (Å²) in [6.07, 6.45) is 0. The smallest absolute Gasteiger partial charge is 0.129 e. The second-order valence-corrected chi connectivity index (χ2v) is 5.51. The third kappa shape index (κ3) is 3.97. The first-order valence-corrected chi connectivity index (χ1v) is 6.99. The Labute approximate surface area is 124 Å². The SMILES string of the molecule is COCc1ccc(CNCC(C)(O)c2cc(C)oc2C)o1. The third-order valence-corrected chi connectivity index (χ3v) is 3.39. The molecule has 116 valence electrons. The largest absolute Gasteiger partial charge is 0.466 e. The first-order chi connectivity index (χ1) is 9.92. The van der Waals surface area contributed by atoms with Crippen molar-refractivity contribution in [3.8, 4) is 0 Å². The first-order valence-electron chi connectivity index (χ1n) is 6.99. The molecule has 2 aromatic rings. The summed E-state index contributed by atoms with van der Waals surface area (Å²) in [5, 5.41) is 13.8. The second-order valence-electron chi connectivity index (χ2n) is 5.51. The van der Waals surface area contributed by atoms with Crippen molar-refractivity contribution in [2.75, 3.05) is 13.7 Å². The summed E-state index contributed by atoms with van der Waals surface area (Å²) < 4.78 is 16.1. The molecule has 5 heteroatoms. The van der Waals surface area contributed by atoms with Crippen LogP contribution in [-0.4, -0.2) is 18.8 Å². The molecule has 0 radical (unpaired) electrons. The van der Waals surface area contributed by atoms with E-state index in [1.54, 1.807) is 14.0 Å². The normalized spacial score (nSPS) is 14.3. The zero-order valence-electron chi connectivity index (χ0n) is 13.0. The van der Waals surface area contributed by atoms with Gasteiger partial charge in [-0.3, -0.25) is 0 Å². The van der Waals surface area contributed by atoms with E-state index in [0.29, 0.717) is 19.7 Å². The van der Waals surface area contributed by atoms with Gasteiger partial charge in [-0.1, -0.05) is 0 Å². The minimum Gasteiger partial charge on any atom is -0.466 e. The molecule has 21 heavy (non-hydrogen) atoms. The van der Waals surface area contributed by atoms with Gasteiger partial charge in [-0.25, -0.2) is 0 Å². The van der Waals surface area contributed by atoms with Gasteiger partial charge < -0.3 is 24.0 Å². The van der Waals surface area contributed by atoms with Crippen molar-refractivity contribution in [3.63, 3.8) is 0 Å². The Morgan fingerprint density at radius 3 is 2.57 bits per heavy atom. The molecule has 0 aromatic carbocycles. The molecule has 0 amide bonds. The van der Waals surface area contributed by atoms with Crippen LogP contribution in [0.15, 0.2) is 27.0 Å². The molecule has 0 aliphatic heterocycles. The molecular weight excluding hydrogens is 270 g/mol. The summed E-state index contributed by atoms with van der Waals surface area (Å²) >= 11 is 0. The van der Waals surface area contributed by atoms with Crippen molar-refractivity contribution in [2.24, 2.45) is 0 Å². The lowest BCUT2D eigenvalue weighted by molar-refractivity contribution is 0.0546. The molecule has 0 bridgehead atoms. The van der Waals surface area contributed by atoms with Crippen molar-refractivity contribution >= 4 is 0 Å². The van der Waals surface area contributed by atoms with Gasteiger partial charge in [-0.15, -0.1) is 0 Å². The third-order valence-electron chi connectivity index (χ3n) is 3.39. The van der Waals surface area contributed by atoms with Gasteiger partial charge in [-0.2, -0.15) is 0 Å². The van der Waals surface area contributed by atoms with Crippen LogP contribution in [0.1, 0.15) is 35.5 Å². The van der Waals surface area contributed by atoms with Crippen LogP contribution in [-0.2, 0) is 23.5 Å². The van der Waals surface area contributed by atoms with Crippen molar-refractivity contribution in [1.82, 2.24) is 5.32 Å². The van der Waals surface area contributed by atoms with E-state index in [2.05, 4.69) is 5.32 Å². The van der Waals surface area contributed by atoms with Crippen LogP contribution >= 0.6 is 0 Å². The quantitative estimate of drug-likeness (QED) is 0.821. The number of furan rings is 2. The van der Waals surface area contributed by atoms with Gasteiger partial charge in [-0.05, 0) is 39.0 Å². The van der Waals surface area contributed by atoms with E-state index >= 15 is 0 Å². The molecule has 0 saturated heterocycles. The molecule has 2 N–H and O–H groups in total. The number of hydrogen-bond acceptors (Lipinski definition) is 5. The van der Waals surface area contributed by atoms with Crippen molar-refractivity contribution < 1.29 is 18.7 Å². The summed E-state index contributed by atoms with van der Waals surface area (Å²) in [6, 6.07) is 5.67. The molecule has 2 heterocycles. The molecule has 0 aliphatic carbocycles. The van der Waals surface area contributed by atoms with Gasteiger partial charge in [0.1, 0.15) is 35.2 Å². The Morgan fingerprint density at radius 2 is 1.95 bits per heavy atom. The lowest BCUT2D eigenvalue weighted by Crippen LogP contribution is -2.35. The Morgan fingerprint density at radius 1 is 1.24 bits per heavy atom.